The number of nitrogens with zero attached hydrogens (tertiary/aromatic N) is 3. The summed E-state index contributed by atoms with van der Waals surface area (Å²) in [5, 5.41) is 4.38. The Morgan fingerprint density at radius 2 is 1.85 bits per heavy atom. The Labute approximate surface area is 128 Å². The van der Waals surface area contributed by atoms with Gasteiger partial charge in [-0.05, 0) is 32.0 Å². The molecule has 0 saturated carbocycles. The third kappa shape index (κ3) is 3.52. The Kier molecular flexibility index (Phi) is 5.04. The van der Waals surface area contributed by atoms with Crippen molar-refractivity contribution >= 4 is 40.5 Å². The van der Waals surface area contributed by atoms with Gasteiger partial charge in [0.2, 0.25) is 0 Å². The monoisotopic (exact) mass is 310 g/mol. The molecule has 0 aliphatic carbocycles. The first-order valence-electron chi connectivity index (χ1n) is 6.43. The van der Waals surface area contributed by atoms with Crippen molar-refractivity contribution in [3.63, 3.8) is 0 Å². The summed E-state index contributed by atoms with van der Waals surface area (Å²) in [7, 11) is 0. The normalized spacial score (nSPS) is 10.4. The largest absolute Gasteiger partial charge is 0.357 e. The maximum Gasteiger partial charge on any atom is 0.135 e. The molecular weight excluding hydrogens is 295 g/mol. The van der Waals surface area contributed by atoms with Crippen molar-refractivity contribution in [1.29, 1.82) is 0 Å². The lowest BCUT2D eigenvalue weighted by Gasteiger charge is -2.20. The molecule has 0 amide bonds. The van der Waals surface area contributed by atoms with Gasteiger partial charge in [0.25, 0.3) is 0 Å². The standard InChI is InChI=1S/C14H16Cl2N4/c1-3-20(4-2)14-8-13(17-9-18-14)19-12-7-10(15)5-6-11(12)16/h5-9H,3-4H2,1-2H3,(H,17,18,19). The summed E-state index contributed by atoms with van der Waals surface area (Å²) in [6.45, 7) is 5.97. The first kappa shape index (κ1) is 14.9. The Hall–Kier alpha value is -1.52. The number of aromatic nitrogens is 2. The first-order chi connectivity index (χ1) is 9.63. The third-order valence-corrected chi connectivity index (χ3v) is 3.50. The molecule has 20 heavy (non-hydrogen) atoms. The summed E-state index contributed by atoms with van der Waals surface area (Å²) in [6.07, 6.45) is 1.54. The molecule has 2 aromatic rings. The van der Waals surface area contributed by atoms with Crippen LogP contribution in [-0.4, -0.2) is 23.1 Å². The van der Waals surface area contributed by atoms with Crippen molar-refractivity contribution in [2.45, 2.75) is 13.8 Å². The Balaban J connectivity index is 2.25. The van der Waals surface area contributed by atoms with Gasteiger partial charge in [-0.25, -0.2) is 9.97 Å². The molecule has 0 radical (unpaired) electrons. The number of benzene rings is 1. The predicted octanol–water partition coefficient (Wildman–Crippen LogP) is 4.37. The molecule has 0 aliphatic rings. The molecule has 0 spiro atoms. The van der Waals surface area contributed by atoms with E-state index in [1.165, 1.54) is 6.33 Å². The maximum absolute atomic E-state index is 6.13. The first-order valence-corrected chi connectivity index (χ1v) is 7.18. The lowest BCUT2D eigenvalue weighted by Crippen LogP contribution is -2.23. The second kappa shape index (κ2) is 6.77. The van der Waals surface area contributed by atoms with Crippen LogP contribution in [0.5, 0.6) is 0 Å². The fourth-order valence-corrected chi connectivity index (χ4v) is 2.20. The van der Waals surface area contributed by atoms with E-state index in [4.69, 9.17) is 23.2 Å². The van der Waals surface area contributed by atoms with Crippen molar-refractivity contribution < 1.29 is 0 Å². The molecule has 1 heterocycles. The van der Waals surface area contributed by atoms with E-state index in [0.29, 0.717) is 15.9 Å². The minimum atomic E-state index is 0.595. The van der Waals surface area contributed by atoms with Crippen LogP contribution in [0.15, 0.2) is 30.6 Å². The van der Waals surface area contributed by atoms with Gasteiger partial charge in [0.15, 0.2) is 0 Å². The van der Waals surface area contributed by atoms with Crippen LogP contribution in [0.25, 0.3) is 0 Å². The van der Waals surface area contributed by atoms with Gasteiger partial charge in [-0.2, -0.15) is 0 Å². The molecule has 0 fully saturated rings. The van der Waals surface area contributed by atoms with Gasteiger partial charge in [-0.15, -0.1) is 0 Å². The van der Waals surface area contributed by atoms with E-state index in [0.717, 1.165) is 24.6 Å². The van der Waals surface area contributed by atoms with Gasteiger partial charge in [-0.1, -0.05) is 23.2 Å². The van der Waals surface area contributed by atoms with E-state index < -0.39 is 0 Å². The zero-order valence-corrected chi connectivity index (χ0v) is 12.9. The van der Waals surface area contributed by atoms with Gasteiger partial charge < -0.3 is 10.2 Å². The van der Waals surface area contributed by atoms with Crippen LogP contribution in [-0.2, 0) is 0 Å². The highest BCUT2D eigenvalue weighted by atomic mass is 35.5. The smallest absolute Gasteiger partial charge is 0.135 e. The summed E-state index contributed by atoms with van der Waals surface area (Å²) >= 11 is 12.1. The van der Waals surface area contributed by atoms with Crippen molar-refractivity contribution in [2.75, 3.05) is 23.3 Å². The van der Waals surface area contributed by atoms with Crippen LogP contribution in [0.3, 0.4) is 0 Å². The lowest BCUT2D eigenvalue weighted by molar-refractivity contribution is 0.842. The van der Waals surface area contributed by atoms with Crippen molar-refractivity contribution in [1.82, 2.24) is 9.97 Å². The van der Waals surface area contributed by atoms with Crippen LogP contribution < -0.4 is 10.2 Å². The molecule has 0 bridgehead atoms. The second-order valence-electron chi connectivity index (χ2n) is 4.18. The van der Waals surface area contributed by atoms with Gasteiger partial charge in [0.05, 0.1) is 10.7 Å². The van der Waals surface area contributed by atoms with Crippen LogP contribution in [0.2, 0.25) is 10.0 Å². The average molecular weight is 311 g/mol. The molecule has 4 nitrogen and oxygen atoms in total. The van der Waals surface area contributed by atoms with E-state index in [1.807, 2.05) is 6.07 Å². The minimum Gasteiger partial charge on any atom is -0.357 e. The van der Waals surface area contributed by atoms with Gasteiger partial charge in [-0.3, -0.25) is 0 Å². The molecular formula is C14H16Cl2N4. The van der Waals surface area contributed by atoms with Crippen molar-refractivity contribution in [3.8, 4) is 0 Å². The maximum atomic E-state index is 6.13. The van der Waals surface area contributed by atoms with E-state index in [1.54, 1.807) is 18.2 Å². The zero-order chi connectivity index (χ0) is 14.5. The highest BCUT2D eigenvalue weighted by Crippen LogP contribution is 2.28. The second-order valence-corrected chi connectivity index (χ2v) is 5.03. The molecule has 6 heteroatoms. The molecule has 106 valence electrons. The molecule has 0 unspecified atom stereocenters. The number of hydrogen-bond donors (Lipinski definition) is 1. The Morgan fingerprint density at radius 1 is 1.10 bits per heavy atom. The minimum absolute atomic E-state index is 0.595. The molecule has 0 atom stereocenters. The van der Waals surface area contributed by atoms with E-state index >= 15 is 0 Å². The van der Waals surface area contributed by atoms with Gasteiger partial charge in [0.1, 0.15) is 18.0 Å². The molecule has 0 saturated heterocycles. The highest BCUT2D eigenvalue weighted by molar-refractivity contribution is 6.35. The van der Waals surface area contributed by atoms with E-state index in [2.05, 4.69) is 34.0 Å². The third-order valence-electron chi connectivity index (χ3n) is 2.93. The van der Waals surface area contributed by atoms with Gasteiger partial charge >= 0.3 is 0 Å². The summed E-state index contributed by atoms with van der Waals surface area (Å²) in [6, 6.07) is 7.16. The SMILES string of the molecule is CCN(CC)c1cc(Nc2cc(Cl)ccc2Cl)ncn1. The summed E-state index contributed by atoms with van der Waals surface area (Å²) in [5.41, 5.74) is 0.725. The van der Waals surface area contributed by atoms with Crippen LogP contribution in [0.1, 0.15) is 13.8 Å². The number of hydrogen-bond acceptors (Lipinski definition) is 4. The number of nitrogens with one attached hydrogen (secondary N) is 1. The number of halogens is 2. The quantitative estimate of drug-likeness (QED) is 0.890. The van der Waals surface area contributed by atoms with Gasteiger partial charge in [0, 0.05) is 24.2 Å². The highest BCUT2D eigenvalue weighted by Gasteiger charge is 2.07. The van der Waals surface area contributed by atoms with E-state index in [-0.39, 0.29) is 0 Å². The van der Waals surface area contributed by atoms with Crippen molar-refractivity contribution in [3.05, 3.63) is 40.6 Å². The fourth-order valence-electron chi connectivity index (χ4n) is 1.87. The summed E-state index contributed by atoms with van der Waals surface area (Å²) < 4.78 is 0. The topological polar surface area (TPSA) is 41.0 Å². The Bertz CT molecular complexity index is 585. The Morgan fingerprint density at radius 3 is 2.55 bits per heavy atom. The van der Waals surface area contributed by atoms with E-state index in [9.17, 15) is 0 Å². The summed E-state index contributed by atoms with van der Waals surface area (Å²) in [4.78, 5) is 10.6. The number of anilines is 3. The average Bonchev–Trinajstić information content (AvgIpc) is 2.45. The zero-order valence-electron chi connectivity index (χ0n) is 11.4. The van der Waals surface area contributed by atoms with Crippen LogP contribution in [0, 0.1) is 0 Å². The van der Waals surface area contributed by atoms with Crippen LogP contribution >= 0.6 is 23.2 Å². The fraction of sp³-hybridized carbons (Fsp3) is 0.286. The molecule has 1 N–H and O–H groups in total. The molecule has 0 aliphatic heterocycles. The molecule has 2 rings (SSSR count). The van der Waals surface area contributed by atoms with Crippen LogP contribution in [0.4, 0.5) is 17.3 Å². The number of rotatable bonds is 5. The molecule has 1 aromatic carbocycles. The molecule has 1 aromatic heterocycles. The summed E-state index contributed by atoms with van der Waals surface area (Å²) in [5.74, 6) is 1.57. The van der Waals surface area contributed by atoms with Crippen molar-refractivity contribution in [2.24, 2.45) is 0 Å². The predicted molar refractivity (Wildman–Crippen MR) is 85.3 cm³/mol. The lowest BCUT2D eigenvalue weighted by atomic mass is 10.3.